The Hall–Kier alpha value is -2.31. The second-order valence-electron chi connectivity index (χ2n) is 4.67. The van der Waals surface area contributed by atoms with E-state index in [0.717, 1.165) is 36.5 Å². The number of nitrogens with zero attached hydrogens (tertiary/aromatic N) is 2. The standard InChI is InChI=1S/C17H16N2O/c1-2-5-15(6-3-1)7-8-16-9-10-17(13-18-16)19-11-4-12-20-14-19/h1-3,5-6,9-10,13H,4,11-12,14H2. The molecule has 2 heterocycles. The van der Waals surface area contributed by atoms with E-state index in [-0.39, 0.29) is 0 Å². The molecule has 2 aromatic rings. The van der Waals surface area contributed by atoms with Crippen molar-refractivity contribution in [3.63, 3.8) is 0 Å². The maximum absolute atomic E-state index is 5.44. The molecule has 1 fully saturated rings. The summed E-state index contributed by atoms with van der Waals surface area (Å²) in [4.78, 5) is 6.58. The van der Waals surface area contributed by atoms with Crippen LogP contribution in [0.1, 0.15) is 17.7 Å². The largest absolute Gasteiger partial charge is 0.361 e. The lowest BCUT2D eigenvalue weighted by Crippen LogP contribution is -2.32. The number of aromatic nitrogens is 1. The Morgan fingerprint density at radius 1 is 1.05 bits per heavy atom. The zero-order chi connectivity index (χ0) is 13.6. The Labute approximate surface area is 119 Å². The second-order valence-corrected chi connectivity index (χ2v) is 4.67. The molecular formula is C17H16N2O. The molecular weight excluding hydrogens is 248 g/mol. The summed E-state index contributed by atoms with van der Waals surface area (Å²) in [5.74, 6) is 6.19. The molecule has 0 saturated carbocycles. The zero-order valence-corrected chi connectivity index (χ0v) is 11.2. The summed E-state index contributed by atoms with van der Waals surface area (Å²) in [5, 5.41) is 0. The van der Waals surface area contributed by atoms with Crippen LogP contribution in [-0.4, -0.2) is 24.9 Å². The molecule has 0 amide bonds. The highest BCUT2D eigenvalue weighted by atomic mass is 16.5. The summed E-state index contributed by atoms with van der Waals surface area (Å²) >= 11 is 0. The third-order valence-electron chi connectivity index (χ3n) is 3.19. The maximum Gasteiger partial charge on any atom is 0.118 e. The van der Waals surface area contributed by atoms with Crippen LogP contribution in [0.15, 0.2) is 48.7 Å². The van der Waals surface area contributed by atoms with E-state index in [0.29, 0.717) is 6.73 Å². The molecule has 0 radical (unpaired) electrons. The first-order chi connectivity index (χ1) is 9.92. The molecule has 1 aromatic carbocycles. The molecule has 0 unspecified atom stereocenters. The maximum atomic E-state index is 5.44. The van der Waals surface area contributed by atoms with Crippen molar-refractivity contribution in [2.24, 2.45) is 0 Å². The van der Waals surface area contributed by atoms with Crippen LogP contribution < -0.4 is 4.90 Å². The number of benzene rings is 1. The van der Waals surface area contributed by atoms with Crippen LogP contribution in [0.4, 0.5) is 5.69 Å². The monoisotopic (exact) mass is 264 g/mol. The van der Waals surface area contributed by atoms with Gasteiger partial charge in [0.15, 0.2) is 0 Å². The first-order valence-electron chi connectivity index (χ1n) is 6.78. The lowest BCUT2D eigenvalue weighted by Gasteiger charge is -2.28. The third-order valence-corrected chi connectivity index (χ3v) is 3.19. The Kier molecular flexibility index (Phi) is 3.96. The second kappa shape index (κ2) is 6.23. The van der Waals surface area contributed by atoms with Crippen LogP contribution in [0.5, 0.6) is 0 Å². The van der Waals surface area contributed by atoms with E-state index in [2.05, 4.69) is 27.8 Å². The topological polar surface area (TPSA) is 25.4 Å². The first-order valence-corrected chi connectivity index (χ1v) is 6.78. The van der Waals surface area contributed by atoms with Crippen molar-refractivity contribution in [2.45, 2.75) is 6.42 Å². The van der Waals surface area contributed by atoms with E-state index in [1.54, 1.807) is 0 Å². The van der Waals surface area contributed by atoms with Crippen LogP contribution >= 0.6 is 0 Å². The molecule has 3 rings (SSSR count). The molecule has 0 atom stereocenters. The summed E-state index contributed by atoms with van der Waals surface area (Å²) in [6.45, 7) is 2.53. The number of ether oxygens (including phenoxy) is 1. The van der Waals surface area contributed by atoms with Gasteiger partial charge in [0.2, 0.25) is 0 Å². The molecule has 1 aromatic heterocycles. The first kappa shape index (κ1) is 12.7. The van der Waals surface area contributed by atoms with E-state index in [4.69, 9.17) is 4.74 Å². The number of hydrogen-bond donors (Lipinski definition) is 0. The fourth-order valence-electron chi connectivity index (χ4n) is 2.11. The van der Waals surface area contributed by atoms with Crippen LogP contribution in [0.25, 0.3) is 0 Å². The summed E-state index contributed by atoms with van der Waals surface area (Å²) in [5.41, 5.74) is 2.88. The SMILES string of the molecule is C(#Cc1ccc(N2CCCOC2)cn1)c1ccccc1. The van der Waals surface area contributed by atoms with E-state index >= 15 is 0 Å². The molecule has 1 aliphatic heterocycles. The molecule has 3 heteroatoms. The van der Waals surface area contributed by atoms with Gasteiger partial charge in [0, 0.05) is 12.1 Å². The van der Waals surface area contributed by atoms with Crippen molar-refractivity contribution in [3.8, 4) is 11.8 Å². The fourth-order valence-corrected chi connectivity index (χ4v) is 2.11. The van der Waals surface area contributed by atoms with Gasteiger partial charge >= 0.3 is 0 Å². The van der Waals surface area contributed by atoms with Crippen molar-refractivity contribution in [1.29, 1.82) is 0 Å². The summed E-state index contributed by atoms with van der Waals surface area (Å²) < 4.78 is 5.44. The van der Waals surface area contributed by atoms with Gasteiger partial charge in [-0.15, -0.1) is 0 Å². The number of rotatable bonds is 1. The smallest absolute Gasteiger partial charge is 0.118 e. The van der Waals surface area contributed by atoms with Crippen molar-refractivity contribution in [3.05, 3.63) is 59.9 Å². The average molecular weight is 264 g/mol. The number of anilines is 1. The lowest BCUT2D eigenvalue weighted by atomic mass is 10.2. The molecule has 0 spiro atoms. The van der Waals surface area contributed by atoms with Crippen LogP contribution in [0.3, 0.4) is 0 Å². The van der Waals surface area contributed by atoms with Crippen LogP contribution in [0.2, 0.25) is 0 Å². The molecule has 20 heavy (non-hydrogen) atoms. The van der Waals surface area contributed by atoms with E-state index in [1.807, 2.05) is 42.6 Å². The van der Waals surface area contributed by atoms with Crippen molar-refractivity contribution in [2.75, 3.05) is 24.8 Å². The van der Waals surface area contributed by atoms with Crippen LogP contribution in [-0.2, 0) is 4.74 Å². The molecule has 100 valence electrons. The minimum absolute atomic E-state index is 0.650. The minimum atomic E-state index is 0.650. The Morgan fingerprint density at radius 3 is 2.65 bits per heavy atom. The Morgan fingerprint density at radius 2 is 1.95 bits per heavy atom. The molecule has 1 aliphatic rings. The van der Waals surface area contributed by atoms with Gasteiger partial charge in [-0.25, -0.2) is 4.98 Å². The van der Waals surface area contributed by atoms with Gasteiger partial charge in [-0.2, -0.15) is 0 Å². The predicted molar refractivity (Wildman–Crippen MR) is 79.4 cm³/mol. The van der Waals surface area contributed by atoms with E-state index in [1.165, 1.54) is 0 Å². The highest BCUT2D eigenvalue weighted by Gasteiger charge is 2.10. The normalized spacial score (nSPS) is 14.5. The van der Waals surface area contributed by atoms with E-state index < -0.39 is 0 Å². The quantitative estimate of drug-likeness (QED) is 0.740. The summed E-state index contributed by atoms with van der Waals surface area (Å²) in [7, 11) is 0. The van der Waals surface area contributed by atoms with Gasteiger partial charge in [0.25, 0.3) is 0 Å². The van der Waals surface area contributed by atoms with Gasteiger partial charge < -0.3 is 9.64 Å². The number of pyridine rings is 1. The fraction of sp³-hybridized carbons (Fsp3) is 0.235. The van der Waals surface area contributed by atoms with Gasteiger partial charge in [-0.3, -0.25) is 0 Å². The summed E-state index contributed by atoms with van der Waals surface area (Å²) in [6, 6.07) is 13.9. The highest BCUT2D eigenvalue weighted by molar-refractivity contribution is 5.47. The lowest BCUT2D eigenvalue weighted by molar-refractivity contribution is 0.107. The molecule has 1 saturated heterocycles. The van der Waals surface area contributed by atoms with Crippen molar-refractivity contribution >= 4 is 5.69 Å². The third kappa shape index (κ3) is 3.17. The highest BCUT2D eigenvalue weighted by Crippen LogP contribution is 2.15. The molecule has 0 N–H and O–H groups in total. The molecule has 3 nitrogen and oxygen atoms in total. The zero-order valence-electron chi connectivity index (χ0n) is 11.2. The summed E-state index contributed by atoms with van der Waals surface area (Å²) in [6.07, 6.45) is 2.93. The average Bonchev–Trinajstić information content (AvgIpc) is 2.55. The van der Waals surface area contributed by atoms with E-state index in [9.17, 15) is 0 Å². The van der Waals surface area contributed by atoms with Gasteiger partial charge in [-0.05, 0) is 36.6 Å². The van der Waals surface area contributed by atoms with Crippen LogP contribution in [0, 0.1) is 11.8 Å². The number of hydrogen-bond acceptors (Lipinski definition) is 3. The van der Waals surface area contributed by atoms with Gasteiger partial charge in [-0.1, -0.05) is 24.1 Å². The predicted octanol–water partition coefficient (Wildman–Crippen LogP) is 2.67. The van der Waals surface area contributed by atoms with Crippen molar-refractivity contribution < 1.29 is 4.74 Å². The van der Waals surface area contributed by atoms with Gasteiger partial charge in [0.1, 0.15) is 12.4 Å². The van der Waals surface area contributed by atoms with Crippen molar-refractivity contribution in [1.82, 2.24) is 4.98 Å². The Bertz CT molecular complexity index is 605. The molecule has 0 aliphatic carbocycles. The van der Waals surface area contributed by atoms with Gasteiger partial charge in [0.05, 0.1) is 18.5 Å². The molecule has 0 bridgehead atoms. The minimum Gasteiger partial charge on any atom is -0.361 e. The Balaban J connectivity index is 1.72.